The monoisotopic (exact) mass is 389 g/mol. The van der Waals surface area contributed by atoms with Crippen LogP contribution in [0.4, 0.5) is 9.59 Å². The van der Waals surface area contributed by atoms with E-state index >= 15 is 0 Å². The zero-order valence-electron chi connectivity index (χ0n) is 15.5. The Morgan fingerprint density at radius 1 is 1.15 bits per heavy atom. The summed E-state index contributed by atoms with van der Waals surface area (Å²) in [4.78, 5) is 26.5. The van der Waals surface area contributed by atoms with E-state index in [-0.39, 0.29) is 42.9 Å². The maximum Gasteiger partial charge on any atom is 0.410 e. The van der Waals surface area contributed by atoms with E-state index in [4.69, 9.17) is 14.2 Å². The van der Waals surface area contributed by atoms with Crippen LogP contribution in [0.25, 0.3) is 0 Å². The van der Waals surface area contributed by atoms with E-state index < -0.39 is 5.60 Å². The fourth-order valence-electron chi connectivity index (χ4n) is 3.62. The topological polar surface area (TPSA) is 83.6 Å². The van der Waals surface area contributed by atoms with Crippen molar-refractivity contribution in [3.8, 4) is 0 Å². The molecule has 0 aromatic carbocycles. The van der Waals surface area contributed by atoms with E-state index in [0.717, 1.165) is 13.1 Å². The van der Waals surface area contributed by atoms with Gasteiger partial charge >= 0.3 is 12.2 Å². The molecule has 26 heavy (non-hydrogen) atoms. The Morgan fingerprint density at radius 2 is 1.81 bits per heavy atom. The van der Waals surface area contributed by atoms with Gasteiger partial charge in [0, 0.05) is 19.1 Å². The number of morpholine rings is 1. The smallest absolute Gasteiger partial charge is 0.410 e. The zero-order valence-corrected chi connectivity index (χ0v) is 16.3. The molecule has 0 spiro atoms. The lowest BCUT2D eigenvalue weighted by atomic mass is 10.2. The third-order valence-electron chi connectivity index (χ3n) is 5.03. The van der Waals surface area contributed by atoms with Gasteiger partial charge in [-0.25, -0.2) is 9.59 Å². The summed E-state index contributed by atoms with van der Waals surface area (Å²) in [6, 6.07) is 0.817. The minimum Gasteiger partial charge on any atom is -0.444 e. The predicted octanol–water partition coefficient (Wildman–Crippen LogP) is 1.37. The van der Waals surface area contributed by atoms with E-state index in [1.807, 2.05) is 25.7 Å². The van der Waals surface area contributed by atoms with Gasteiger partial charge < -0.3 is 24.4 Å². The Labute approximate surface area is 159 Å². The molecule has 5 aliphatic rings. The lowest BCUT2D eigenvalue weighted by Crippen LogP contribution is -2.38. The first-order valence-corrected chi connectivity index (χ1v) is 9.15. The number of rotatable bonds is 1. The van der Waals surface area contributed by atoms with Crippen molar-refractivity contribution in [3.63, 3.8) is 0 Å². The van der Waals surface area contributed by atoms with Gasteiger partial charge in [-0.15, -0.1) is 12.4 Å². The van der Waals surface area contributed by atoms with Crippen molar-refractivity contribution in [2.24, 2.45) is 0 Å². The molecule has 0 aromatic heterocycles. The maximum absolute atomic E-state index is 11.5. The number of epoxide rings is 1. The van der Waals surface area contributed by atoms with Crippen LogP contribution < -0.4 is 5.32 Å². The summed E-state index contributed by atoms with van der Waals surface area (Å²) >= 11 is 0. The quantitative estimate of drug-likeness (QED) is 0.682. The molecule has 1 N–H and O–H groups in total. The van der Waals surface area contributed by atoms with Crippen LogP contribution >= 0.6 is 12.4 Å². The average molecular weight is 390 g/mol. The lowest BCUT2D eigenvalue weighted by Gasteiger charge is -2.24. The van der Waals surface area contributed by atoms with Crippen molar-refractivity contribution in [3.05, 3.63) is 0 Å². The van der Waals surface area contributed by atoms with Crippen LogP contribution in [0, 0.1) is 0 Å². The first-order chi connectivity index (χ1) is 11.8. The molecule has 148 valence electrons. The summed E-state index contributed by atoms with van der Waals surface area (Å²) in [6.45, 7) is 8.75. The van der Waals surface area contributed by atoms with E-state index in [0.29, 0.717) is 25.2 Å². The zero-order chi connectivity index (χ0) is 17.8. The largest absolute Gasteiger partial charge is 0.444 e. The van der Waals surface area contributed by atoms with Crippen molar-refractivity contribution in [2.45, 2.75) is 69.6 Å². The predicted molar refractivity (Wildman–Crippen MR) is 95.5 cm³/mol. The lowest BCUT2D eigenvalue weighted by molar-refractivity contribution is 0.0230. The molecule has 9 heteroatoms. The molecule has 4 aliphatic heterocycles. The van der Waals surface area contributed by atoms with Gasteiger partial charge in [0.15, 0.2) is 0 Å². The Morgan fingerprint density at radius 3 is 2.38 bits per heavy atom. The van der Waals surface area contributed by atoms with Gasteiger partial charge in [0.1, 0.15) is 23.9 Å². The molecular weight excluding hydrogens is 362 g/mol. The van der Waals surface area contributed by atoms with Crippen LogP contribution in [0.3, 0.4) is 0 Å². The Balaban J connectivity index is 0.000000145. The number of nitrogens with zero attached hydrogens (tertiary/aromatic N) is 2. The van der Waals surface area contributed by atoms with Crippen molar-refractivity contribution in [1.82, 2.24) is 15.1 Å². The fourth-order valence-corrected chi connectivity index (χ4v) is 3.62. The van der Waals surface area contributed by atoms with Crippen LogP contribution in [-0.2, 0) is 14.2 Å². The van der Waals surface area contributed by atoms with E-state index in [1.54, 1.807) is 4.90 Å². The van der Waals surface area contributed by atoms with Gasteiger partial charge in [-0.05, 0) is 33.6 Å². The summed E-state index contributed by atoms with van der Waals surface area (Å²) in [5.41, 5.74) is -0.398. The summed E-state index contributed by atoms with van der Waals surface area (Å²) in [7, 11) is 0. The molecule has 0 radical (unpaired) electrons. The summed E-state index contributed by atoms with van der Waals surface area (Å²) < 4.78 is 15.7. The molecule has 8 nitrogen and oxygen atoms in total. The second-order valence-electron chi connectivity index (χ2n) is 8.38. The third kappa shape index (κ3) is 4.18. The van der Waals surface area contributed by atoms with Crippen LogP contribution in [-0.4, -0.2) is 84.2 Å². The number of carbonyl (C=O) groups is 2. The Bertz CT molecular complexity index is 555. The van der Waals surface area contributed by atoms with E-state index in [9.17, 15) is 9.59 Å². The molecule has 5 fully saturated rings. The highest BCUT2D eigenvalue weighted by atomic mass is 35.5. The number of fused-ring (bicyclic) bond motifs is 2. The Hall–Kier alpha value is -1.25. The van der Waals surface area contributed by atoms with Crippen LogP contribution in [0.1, 0.15) is 33.6 Å². The van der Waals surface area contributed by atoms with Gasteiger partial charge in [0.25, 0.3) is 0 Å². The van der Waals surface area contributed by atoms with Crippen LogP contribution in [0.5, 0.6) is 0 Å². The highest BCUT2D eigenvalue weighted by Gasteiger charge is 2.50. The molecule has 2 amide bonds. The number of amides is 2. The minimum absolute atomic E-state index is 0. The van der Waals surface area contributed by atoms with Crippen molar-refractivity contribution in [1.29, 1.82) is 0 Å². The normalized spacial score (nSPS) is 34.2. The average Bonchev–Trinajstić information content (AvgIpc) is 3.36. The SMILES string of the molecule is CC(C)(C)OC(=O)N1C[C@@H]2O[C@@H]2C1.Cl.O=C1O[C@H]2CNC[C@H]2N1C1CC1. The Kier molecular flexibility index (Phi) is 5.29. The number of hydrogen-bond donors (Lipinski definition) is 1. The van der Waals surface area contributed by atoms with Crippen LogP contribution in [0.2, 0.25) is 0 Å². The fraction of sp³-hybridized carbons (Fsp3) is 0.882. The summed E-state index contributed by atoms with van der Waals surface area (Å²) in [6.07, 6.45) is 2.71. The number of nitrogens with one attached hydrogen (secondary N) is 1. The molecule has 1 saturated carbocycles. The first-order valence-electron chi connectivity index (χ1n) is 9.15. The molecule has 5 rings (SSSR count). The second-order valence-corrected chi connectivity index (χ2v) is 8.38. The molecule has 0 unspecified atom stereocenters. The molecule has 1 aliphatic carbocycles. The number of hydrogen-bond acceptors (Lipinski definition) is 6. The first kappa shape index (κ1) is 19.5. The van der Waals surface area contributed by atoms with Gasteiger partial charge in [0.2, 0.25) is 0 Å². The van der Waals surface area contributed by atoms with Gasteiger partial charge in [-0.1, -0.05) is 0 Å². The van der Waals surface area contributed by atoms with Crippen LogP contribution in [0.15, 0.2) is 0 Å². The number of ether oxygens (including phenoxy) is 3. The summed E-state index contributed by atoms with van der Waals surface area (Å²) in [5.74, 6) is 0. The number of likely N-dealkylation sites (tertiary alicyclic amines) is 1. The second kappa shape index (κ2) is 7.05. The van der Waals surface area contributed by atoms with Crippen molar-refractivity contribution >= 4 is 24.6 Å². The minimum atomic E-state index is -0.398. The highest BCUT2D eigenvalue weighted by Crippen LogP contribution is 2.35. The molecular formula is C17H28ClN3O5. The standard InChI is InChI=1S/C9H15NO3.C8H12N2O2.ClH/c1-9(2,3)13-8(11)10-4-6-7(5-10)12-6;11-8-10(5-1-2-5)6-3-9-4-7(6)12-8;/h6-7H,4-5H2,1-3H3;5-7,9H,1-4H2;1H/t2*6-,7+;/m.1./s1. The molecule has 0 bridgehead atoms. The summed E-state index contributed by atoms with van der Waals surface area (Å²) in [5, 5.41) is 3.24. The maximum atomic E-state index is 11.5. The molecule has 4 saturated heterocycles. The van der Waals surface area contributed by atoms with E-state index in [2.05, 4.69) is 5.32 Å². The number of halogens is 1. The van der Waals surface area contributed by atoms with Crippen molar-refractivity contribution in [2.75, 3.05) is 26.2 Å². The molecule has 4 heterocycles. The van der Waals surface area contributed by atoms with Gasteiger partial charge in [-0.3, -0.25) is 4.90 Å². The molecule has 4 atom stereocenters. The van der Waals surface area contributed by atoms with Gasteiger partial charge in [0.05, 0.1) is 19.1 Å². The highest BCUT2D eigenvalue weighted by molar-refractivity contribution is 5.85. The van der Waals surface area contributed by atoms with E-state index in [1.165, 1.54) is 12.8 Å². The van der Waals surface area contributed by atoms with Gasteiger partial charge in [-0.2, -0.15) is 0 Å². The molecule has 0 aromatic rings. The third-order valence-corrected chi connectivity index (χ3v) is 5.03. The van der Waals surface area contributed by atoms with Crippen molar-refractivity contribution < 1.29 is 23.8 Å². The number of carbonyl (C=O) groups excluding carboxylic acids is 2.